The topological polar surface area (TPSA) is 0 Å². The predicted octanol–water partition coefficient (Wildman–Crippen LogP) is 6.23. The van der Waals surface area contributed by atoms with Crippen LogP contribution in [0, 0.1) is 13.8 Å². The molecule has 4 atom stereocenters. The summed E-state index contributed by atoms with van der Waals surface area (Å²) in [5, 5.41) is 1.66. The van der Waals surface area contributed by atoms with E-state index in [0.717, 1.165) is 22.3 Å². The lowest BCUT2D eigenvalue weighted by Crippen LogP contribution is -2.35. The molecule has 0 amide bonds. The van der Waals surface area contributed by atoms with Crippen LogP contribution in [0.25, 0.3) is 0 Å². The first-order chi connectivity index (χ1) is 11.2. The van der Waals surface area contributed by atoms with E-state index in [1.165, 1.54) is 36.8 Å². The van der Waals surface area contributed by atoms with Crippen LogP contribution in [0.3, 0.4) is 0 Å². The Balaban J connectivity index is 1.55. The van der Waals surface area contributed by atoms with Crippen molar-refractivity contribution >= 4 is 11.8 Å². The summed E-state index contributed by atoms with van der Waals surface area (Å²) in [4.78, 5) is 0. The Morgan fingerprint density at radius 2 is 1.09 bits per heavy atom. The van der Waals surface area contributed by atoms with Gasteiger partial charge in [-0.15, -0.1) is 0 Å². The molecule has 2 aromatic rings. The Morgan fingerprint density at radius 3 is 1.52 bits per heavy atom. The molecule has 0 nitrogen and oxygen atoms in total. The highest BCUT2D eigenvalue weighted by Gasteiger charge is 2.40. The fraction of sp³-hybridized carbons (Fsp3) is 0.455. The molecule has 0 saturated carbocycles. The zero-order chi connectivity index (χ0) is 15.8. The van der Waals surface area contributed by atoms with E-state index in [9.17, 15) is 0 Å². The summed E-state index contributed by atoms with van der Waals surface area (Å²) in [6.45, 7) is 4.57. The third kappa shape index (κ3) is 2.85. The number of fused-ring (bicyclic) bond motifs is 2. The molecule has 2 aliphatic heterocycles. The fourth-order valence-electron chi connectivity index (χ4n) is 4.73. The molecule has 4 rings (SSSR count). The van der Waals surface area contributed by atoms with Gasteiger partial charge >= 0.3 is 0 Å². The highest BCUT2D eigenvalue weighted by atomic mass is 32.2. The summed E-state index contributed by atoms with van der Waals surface area (Å²) >= 11 is 2.30. The van der Waals surface area contributed by atoms with Crippen molar-refractivity contribution in [3.8, 4) is 0 Å². The van der Waals surface area contributed by atoms with Crippen LogP contribution in [0.15, 0.2) is 48.5 Å². The van der Waals surface area contributed by atoms with E-state index < -0.39 is 0 Å². The zero-order valence-electron chi connectivity index (χ0n) is 14.2. The minimum Gasteiger partial charge on any atom is -0.154 e. The summed E-state index contributed by atoms with van der Waals surface area (Å²) in [6, 6.07) is 18.1. The SMILES string of the molecule is Cc1ccccc1[C@H]1CC[C@@H]2S[C@H]1CC[C@@H]2c1ccccc1C. The molecule has 0 unspecified atom stereocenters. The average molecular weight is 323 g/mol. The summed E-state index contributed by atoms with van der Waals surface area (Å²) in [6.07, 6.45) is 5.49. The van der Waals surface area contributed by atoms with E-state index in [1.807, 2.05) is 0 Å². The van der Waals surface area contributed by atoms with Crippen LogP contribution in [0.2, 0.25) is 0 Å². The van der Waals surface area contributed by atoms with Crippen LogP contribution in [-0.2, 0) is 0 Å². The van der Waals surface area contributed by atoms with Crippen LogP contribution >= 0.6 is 11.8 Å². The van der Waals surface area contributed by atoms with Crippen molar-refractivity contribution in [3.63, 3.8) is 0 Å². The van der Waals surface area contributed by atoms with Gasteiger partial charge in [-0.25, -0.2) is 0 Å². The van der Waals surface area contributed by atoms with Gasteiger partial charge in [0.2, 0.25) is 0 Å². The van der Waals surface area contributed by atoms with Gasteiger partial charge in [0.05, 0.1) is 0 Å². The van der Waals surface area contributed by atoms with Crippen molar-refractivity contribution in [2.75, 3.05) is 0 Å². The Hall–Kier alpha value is -1.21. The summed E-state index contributed by atoms with van der Waals surface area (Å²) in [5.41, 5.74) is 6.19. The van der Waals surface area contributed by atoms with Gasteiger partial charge in [0, 0.05) is 10.5 Å². The lowest BCUT2D eigenvalue weighted by Gasteiger charge is -2.45. The molecule has 2 saturated heterocycles. The Morgan fingerprint density at radius 1 is 0.652 bits per heavy atom. The lowest BCUT2D eigenvalue weighted by molar-refractivity contribution is 0.407. The Kier molecular flexibility index (Phi) is 4.24. The molecule has 0 aromatic heterocycles. The lowest BCUT2D eigenvalue weighted by atomic mass is 9.77. The molecule has 2 aromatic carbocycles. The maximum absolute atomic E-state index is 2.37. The normalized spacial score (nSPS) is 30.2. The van der Waals surface area contributed by atoms with Gasteiger partial charge in [-0.3, -0.25) is 0 Å². The number of hydrogen-bond donors (Lipinski definition) is 0. The predicted molar refractivity (Wildman–Crippen MR) is 101 cm³/mol. The molecular formula is C22H26S. The van der Waals surface area contributed by atoms with Crippen molar-refractivity contribution in [2.24, 2.45) is 0 Å². The van der Waals surface area contributed by atoms with Crippen molar-refractivity contribution in [1.82, 2.24) is 0 Å². The summed E-state index contributed by atoms with van der Waals surface area (Å²) in [5.74, 6) is 1.55. The fourth-order valence-corrected chi connectivity index (χ4v) is 6.67. The second-order valence-corrected chi connectivity index (χ2v) is 8.78. The van der Waals surface area contributed by atoms with E-state index in [0.29, 0.717) is 0 Å². The van der Waals surface area contributed by atoms with Gasteiger partial charge in [-0.05, 0) is 73.6 Å². The number of hydrogen-bond acceptors (Lipinski definition) is 1. The molecule has 2 bridgehead atoms. The van der Waals surface area contributed by atoms with Crippen LogP contribution in [0.4, 0.5) is 0 Å². The quantitative estimate of drug-likeness (QED) is 0.631. The molecule has 1 heteroatoms. The van der Waals surface area contributed by atoms with Crippen LogP contribution in [0.1, 0.15) is 59.8 Å². The van der Waals surface area contributed by atoms with E-state index in [-0.39, 0.29) is 0 Å². The third-order valence-electron chi connectivity index (χ3n) is 5.95. The van der Waals surface area contributed by atoms with Crippen LogP contribution in [0.5, 0.6) is 0 Å². The van der Waals surface area contributed by atoms with Gasteiger partial charge in [0.25, 0.3) is 0 Å². The second kappa shape index (κ2) is 6.36. The first-order valence-electron chi connectivity index (χ1n) is 9.00. The van der Waals surface area contributed by atoms with Crippen molar-refractivity contribution in [1.29, 1.82) is 0 Å². The van der Waals surface area contributed by atoms with Crippen LogP contribution < -0.4 is 0 Å². The highest BCUT2D eigenvalue weighted by Crippen LogP contribution is 2.53. The average Bonchev–Trinajstić information content (AvgIpc) is 2.57. The second-order valence-electron chi connectivity index (χ2n) is 7.29. The minimum absolute atomic E-state index is 0.773. The van der Waals surface area contributed by atoms with Gasteiger partial charge in [0.1, 0.15) is 0 Å². The molecule has 0 N–H and O–H groups in total. The molecule has 0 aliphatic carbocycles. The van der Waals surface area contributed by atoms with Gasteiger partial charge in [0.15, 0.2) is 0 Å². The molecule has 2 fully saturated rings. The Labute approximate surface area is 144 Å². The van der Waals surface area contributed by atoms with E-state index in [2.05, 4.69) is 74.1 Å². The van der Waals surface area contributed by atoms with Crippen molar-refractivity contribution < 1.29 is 0 Å². The van der Waals surface area contributed by atoms with Crippen molar-refractivity contribution in [2.45, 2.75) is 61.9 Å². The van der Waals surface area contributed by atoms with E-state index in [1.54, 1.807) is 11.1 Å². The number of benzene rings is 2. The van der Waals surface area contributed by atoms with Gasteiger partial charge in [-0.1, -0.05) is 48.5 Å². The summed E-state index contributed by atoms with van der Waals surface area (Å²) < 4.78 is 0. The maximum Gasteiger partial charge on any atom is 0.0119 e. The smallest absolute Gasteiger partial charge is 0.0119 e. The number of thioether (sulfide) groups is 1. The molecule has 2 heterocycles. The molecule has 23 heavy (non-hydrogen) atoms. The molecule has 0 spiro atoms. The largest absolute Gasteiger partial charge is 0.154 e. The zero-order valence-corrected chi connectivity index (χ0v) is 15.0. The molecule has 2 aliphatic rings. The monoisotopic (exact) mass is 322 g/mol. The molecule has 120 valence electrons. The Bertz CT molecular complexity index is 630. The standard InChI is InChI=1S/C22H26S/c1-15-7-3-5-9-17(15)19-11-13-22-20(12-14-21(19)23-22)18-10-6-4-8-16(18)2/h3-10,19-22H,11-14H2,1-2H3/t19-,20-,21+,22+/m1/s1. The maximum atomic E-state index is 2.37. The minimum atomic E-state index is 0.773. The molecule has 0 radical (unpaired) electrons. The first-order valence-corrected chi connectivity index (χ1v) is 9.95. The molecular weight excluding hydrogens is 296 g/mol. The van der Waals surface area contributed by atoms with Gasteiger partial charge < -0.3 is 0 Å². The number of rotatable bonds is 2. The highest BCUT2D eigenvalue weighted by molar-refractivity contribution is 8.00. The van der Waals surface area contributed by atoms with Crippen LogP contribution in [-0.4, -0.2) is 10.5 Å². The first kappa shape index (κ1) is 15.3. The number of aryl methyl sites for hydroxylation is 2. The third-order valence-corrected chi connectivity index (χ3v) is 7.78. The van der Waals surface area contributed by atoms with E-state index in [4.69, 9.17) is 0 Å². The van der Waals surface area contributed by atoms with Gasteiger partial charge in [-0.2, -0.15) is 11.8 Å². The van der Waals surface area contributed by atoms with E-state index >= 15 is 0 Å². The summed E-state index contributed by atoms with van der Waals surface area (Å²) in [7, 11) is 0. The van der Waals surface area contributed by atoms with Crippen molar-refractivity contribution in [3.05, 3.63) is 70.8 Å².